The highest BCUT2D eigenvalue weighted by molar-refractivity contribution is 5.82. The Hall–Kier alpha value is -1.39. The highest BCUT2D eigenvalue weighted by atomic mass is 16.5. The Morgan fingerprint density at radius 2 is 2.20 bits per heavy atom. The molecule has 1 aromatic rings. The van der Waals surface area contributed by atoms with Crippen LogP contribution in [0.4, 0.5) is 0 Å². The molecule has 1 aromatic carbocycles. The van der Waals surface area contributed by atoms with E-state index in [1.165, 1.54) is 0 Å². The first kappa shape index (κ1) is 15.0. The van der Waals surface area contributed by atoms with Gasteiger partial charge in [0, 0.05) is 20.2 Å². The van der Waals surface area contributed by atoms with Crippen LogP contribution in [0.2, 0.25) is 0 Å². The van der Waals surface area contributed by atoms with Crippen LogP contribution >= 0.6 is 0 Å². The Morgan fingerprint density at radius 1 is 1.45 bits per heavy atom. The average molecular weight is 276 g/mol. The number of rotatable bonds is 5. The van der Waals surface area contributed by atoms with Crippen LogP contribution in [0.25, 0.3) is 0 Å². The summed E-state index contributed by atoms with van der Waals surface area (Å²) >= 11 is 0. The van der Waals surface area contributed by atoms with Crippen molar-refractivity contribution < 1.29 is 9.53 Å². The van der Waals surface area contributed by atoms with E-state index in [0.717, 1.165) is 38.1 Å². The summed E-state index contributed by atoms with van der Waals surface area (Å²) in [4.78, 5) is 14.3. The Labute approximate surface area is 120 Å². The summed E-state index contributed by atoms with van der Waals surface area (Å²) in [5.74, 6) is 0.510. The van der Waals surface area contributed by atoms with Gasteiger partial charge in [-0.3, -0.25) is 4.79 Å². The van der Waals surface area contributed by atoms with Gasteiger partial charge in [0.15, 0.2) is 0 Å². The first-order chi connectivity index (χ1) is 9.70. The highest BCUT2D eigenvalue weighted by Gasteiger charge is 2.27. The maximum atomic E-state index is 12.4. The Bertz CT molecular complexity index is 420. The molecule has 1 aliphatic heterocycles. The van der Waals surface area contributed by atoms with Gasteiger partial charge in [-0.25, -0.2) is 0 Å². The first-order valence-corrected chi connectivity index (χ1v) is 7.28. The predicted octanol–water partition coefficient (Wildman–Crippen LogP) is 1.44. The molecule has 1 aliphatic rings. The van der Waals surface area contributed by atoms with Crippen molar-refractivity contribution in [3.05, 3.63) is 35.9 Å². The Morgan fingerprint density at radius 3 is 2.90 bits per heavy atom. The quantitative estimate of drug-likeness (QED) is 0.885. The number of piperidine rings is 1. The van der Waals surface area contributed by atoms with Crippen LogP contribution < -0.4 is 5.73 Å². The molecular formula is C16H24N2O2. The number of carbonyl (C=O) groups excluding carboxylic acids is 1. The number of hydrogen-bond acceptors (Lipinski definition) is 3. The lowest BCUT2D eigenvalue weighted by atomic mass is 9.97. The van der Waals surface area contributed by atoms with Crippen molar-refractivity contribution >= 4 is 5.91 Å². The van der Waals surface area contributed by atoms with Gasteiger partial charge in [-0.15, -0.1) is 0 Å². The van der Waals surface area contributed by atoms with Gasteiger partial charge in [-0.05, 0) is 30.7 Å². The lowest BCUT2D eigenvalue weighted by Gasteiger charge is -2.34. The molecule has 1 fully saturated rings. The third kappa shape index (κ3) is 4.05. The molecule has 4 heteroatoms. The molecule has 0 aromatic heterocycles. The molecule has 0 saturated carbocycles. The minimum Gasteiger partial charge on any atom is -0.384 e. The SMILES string of the molecule is COCC1CCCN(C(=O)C(N)Cc2ccccc2)C1. The van der Waals surface area contributed by atoms with E-state index < -0.39 is 6.04 Å². The van der Waals surface area contributed by atoms with E-state index in [4.69, 9.17) is 10.5 Å². The van der Waals surface area contributed by atoms with E-state index in [-0.39, 0.29) is 5.91 Å². The smallest absolute Gasteiger partial charge is 0.239 e. The highest BCUT2D eigenvalue weighted by Crippen LogP contribution is 2.17. The van der Waals surface area contributed by atoms with E-state index >= 15 is 0 Å². The maximum absolute atomic E-state index is 12.4. The normalized spacial score (nSPS) is 20.7. The minimum absolute atomic E-state index is 0.0645. The largest absolute Gasteiger partial charge is 0.384 e. The number of amides is 1. The molecule has 0 bridgehead atoms. The zero-order chi connectivity index (χ0) is 14.4. The van der Waals surface area contributed by atoms with Crippen LogP contribution in [0.3, 0.4) is 0 Å². The van der Waals surface area contributed by atoms with Crippen molar-refractivity contribution in [1.29, 1.82) is 0 Å². The van der Waals surface area contributed by atoms with Crippen LogP contribution in [0.1, 0.15) is 18.4 Å². The molecule has 0 aliphatic carbocycles. The number of methoxy groups -OCH3 is 1. The average Bonchev–Trinajstić information content (AvgIpc) is 2.48. The summed E-state index contributed by atoms with van der Waals surface area (Å²) < 4.78 is 5.20. The molecule has 2 unspecified atom stereocenters. The summed E-state index contributed by atoms with van der Waals surface area (Å²) in [7, 11) is 1.71. The third-order valence-electron chi connectivity index (χ3n) is 3.85. The van der Waals surface area contributed by atoms with Crippen molar-refractivity contribution in [3.8, 4) is 0 Å². The third-order valence-corrected chi connectivity index (χ3v) is 3.85. The number of carbonyl (C=O) groups is 1. The summed E-state index contributed by atoms with van der Waals surface area (Å²) in [6.45, 7) is 2.31. The molecule has 4 nitrogen and oxygen atoms in total. The molecule has 20 heavy (non-hydrogen) atoms. The van der Waals surface area contributed by atoms with Crippen molar-refractivity contribution in [1.82, 2.24) is 4.90 Å². The van der Waals surface area contributed by atoms with Crippen LogP contribution in [0.5, 0.6) is 0 Å². The van der Waals surface area contributed by atoms with Crippen molar-refractivity contribution in [2.45, 2.75) is 25.3 Å². The van der Waals surface area contributed by atoms with Gasteiger partial charge in [0.05, 0.1) is 12.6 Å². The molecule has 0 spiro atoms. The van der Waals surface area contributed by atoms with Crippen molar-refractivity contribution in [2.75, 3.05) is 26.8 Å². The van der Waals surface area contributed by atoms with Crippen molar-refractivity contribution in [2.24, 2.45) is 11.7 Å². The molecule has 2 N–H and O–H groups in total. The monoisotopic (exact) mass is 276 g/mol. The van der Waals surface area contributed by atoms with Crippen LogP contribution in [0, 0.1) is 5.92 Å². The maximum Gasteiger partial charge on any atom is 0.239 e. The summed E-state index contributed by atoms with van der Waals surface area (Å²) in [5, 5.41) is 0. The topological polar surface area (TPSA) is 55.6 Å². The fourth-order valence-corrected chi connectivity index (χ4v) is 2.83. The molecule has 1 heterocycles. The van der Waals surface area contributed by atoms with E-state index in [2.05, 4.69) is 0 Å². The number of nitrogens with two attached hydrogens (primary N) is 1. The van der Waals surface area contributed by atoms with E-state index in [9.17, 15) is 4.79 Å². The van der Waals surface area contributed by atoms with Gasteiger partial charge >= 0.3 is 0 Å². The molecule has 110 valence electrons. The number of hydrogen-bond donors (Lipinski definition) is 1. The Balaban J connectivity index is 1.89. The van der Waals surface area contributed by atoms with Gasteiger partial charge in [-0.2, -0.15) is 0 Å². The van der Waals surface area contributed by atoms with Gasteiger partial charge in [0.25, 0.3) is 0 Å². The number of likely N-dealkylation sites (tertiary alicyclic amines) is 1. The van der Waals surface area contributed by atoms with Gasteiger partial charge in [-0.1, -0.05) is 30.3 Å². The predicted molar refractivity (Wildman–Crippen MR) is 79.3 cm³/mol. The fraction of sp³-hybridized carbons (Fsp3) is 0.562. The zero-order valence-corrected chi connectivity index (χ0v) is 12.1. The van der Waals surface area contributed by atoms with Gasteiger partial charge in [0.2, 0.25) is 5.91 Å². The van der Waals surface area contributed by atoms with Crippen LogP contribution in [0.15, 0.2) is 30.3 Å². The molecule has 2 rings (SSSR count). The lowest BCUT2D eigenvalue weighted by Crippen LogP contribution is -2.49. The van der Waals surface area contributed by atoms with Crippen molar-refractivity contribution in [3.63, 3.8) is 0 Å². The molecule has 0 radical (unpaired) electrons. The van der Waals surface area contributed by atoms with Crippen LogP contribution in [-0.4, -0.2) is 43.7 Å². The zero-order valence-electron chi connectivity index (χ0n) is 12.1. The van der Waals surface area contributed by atoms with Gasteiger partial charge < -0.3 is 15.4 Å². The standard InChI is InChI=1S/C16H24N2O2/c1-20-12-14-8-5-9-18(11-14)16(19)15(17)10-13-6-3-2-4-7-13/h2-4,6-7,14-15H,5,8-12,17H2,1H3. The lowest BCUT2D eigenvalue weighted by molar-refractivity contribution is -0.134. The van der Waals surface area contributed by atoms with E-state index in [1.807, 2.05) is 35.2 Å². The van der Waals surface area contributed by atoms with E-state index in [1.54, 1.807) is 7.11 Å². The number of ether oxygens (including phenoxy) is 1. The summed E-state index contributed by atoms with van der Waals surface area (Å²) in [5.41, 5.74) is 7.19. The summed E-state index contributed by atoms with van der Waals surface area (Å²) in [6.07, 6.45) is 2.77. The van der Waals surface area contributed by atoms with E-state index in [0.29, 0.717) is 12.3 Å². The first-order valence-electron chi connectivity index (χ1n) is 7.28. The Kier molecular flexibility index (Phi) is 5.56. The molecular weight excluding hydrogens is 252 g/mol. The molecule has 1 saturated heterocycles. The number of nitrogens with zero attached hydrogens (tertiary/aromatic N) is 1. The number of benzene rings is 1. The second kappa shape index (κ2) is 7.41. The second-order valence-electron chi connectivity index (χ2n) is 5.54. The minimum atomic E-state index is -0.446. The second-order valence-corrected chi connectivity index (χ2v) is 5.54. The van der Waals surface area contributed by atoms with Crippen LogP contribution in [-0.2, 0) is 16.0 Å². The van der Waals surface area contributed by atoms with Gasteiger partial charge in [0.1, 0.15) is 0 Å². The summed E-state index contributed by atoms with van der Waals surface area (Å²) in [6, 6.07) is 9.49. The molecule has 2 atom stereocenters. The molecule has 1 amide bonds. The fourth-order valence-electron chi connectivity index (χ4n) is 2.83.